The predicted molar refractivity (Wildman–Crippen MR) is 107 cm³/mol. The molecule has 4 nitrogen and oxygen atoms in total. The zero-order valence-electron chi connectivity index (χ0n) is 16.0. The van der Waals surface area contributed by atoms with Crippen molar-refractivity contribution in [2.45, 2.75) is 51.9 Å². The second kappa shape index (κ2) is 11.3. The largest absolute Gasteiger partial charge is 0.465 e. The lowest BCUT2D eigenvalue weighted by Crippen LogP contribution is -2.06. The Morgan fingerprint density at radius 3 is 2.35 bits per heavy atom. The molecule has 1 aromatic carbocycles. The number of pyridine rings is 1. The number of unbranched alkanes of at least 4 members (excludes halogenated alkanes) is 6. The molecule has 1 aromatic heterocycles. The molecule has 0 aliphatic carbocycles. The fourth-order valence-electron chi connectivity index (χ4n) is 2.99. The Balaban J connectivity index is 1.95. The van der Waals surface area contributed by atoms with Crippen LogP contribution < -0.4 is 5.32 Å². The van der Waals surface area contributed by atoms with E-state index >= 15 is 0 Å². The summed E-state index contributed by atoms with van der Waals surface area (Å²) in [7, 11) is 1.41. The Bertz CT molecular complexity index is 671. The highest BCUT2D eigenvalue weighted by Gasteiger charge is 2.10. The SMILES string of the molecule is CCCCCCCCCNc1cc(C(=O)OC)cc(-c2ccncc2)c1. The fourth-order valence-corrected chi connectivity index (χ4v) is 2.99. The second-order valence-corrected chi connectivity index (χ2v) is 6.57. The van der Waals surface area contributed by atoms with Crippen LogP contribution >= 0.6 is 0 Å². The van der Waals surface area contributed by atoms with Crippen molar-refractivity contribution >= 4 is 11.7 Å². The number of carbonyl (C=O) groups excluding carboxylic acids is 1. The molecule has 1 N–H and O–H groups in total. The van der Waals surface area contributed by atoms with Gasteiger partial charge in [-0.2, -0.15) is 0 Å². The van der Waals surface area contributed by atoms with Crippen LogP contribution in [0.15, 0.2) is 42.7 Å². The second-order valence-electron chi connectivity index (χ2n) is 6.57. The summed E-state index contributed by atoms with van der Waals surface area (Å²) in [5.41, 5.74) is 3.52. The van der Waals surface area contributed by atoms with E-state index in [1.165, 1.54) is 45.6 Å². The number of carbonyl (C=O) groups is 1. The summed E-state index contributed by atoms with van der Waals surface area (Å²) in [5, 5.41) is 3.45. The lowest BCUT2D eigenvalue weighted by Gasteiger charge is -2.11. The van der Waals surface area contributed by atoms with Gasteiger partial charge < -0.3 is 10.1 Å². The first-order valence-electron chi connectivity index (χ1n) is 9.62. The number of benzene rings is 1. The molecule has 0 spiro atoms. The van der Waals surface area contributed by atoms with Crippen LogP contribution in [0.2, 0.25) is 0 Å². The number of hydrogen-bond acceptors (Lipinski definition) is 4. The molecule has 4 heteroatoms. The van der Waals surface area contributed by atoms with Gasteiger partial charge in [-0.05, 0) is 47.9 Å². The van der Waals surface area contributed by atoms with E-state index in [2.05, 4.69) is 23.3 Å². The standard InChI is InChI=1S/C22H30N2O2/c1-3-4-5-6-7-8-9-12-24-21-16-19(18-10-13-23-14-11-18)15-20(17-21)22(25)26-2/h10-11,13-17,24H,3-9,12H2,1-2H3. The zero-order chi connectivity index (χ0) is 18.6. The van der Waals surface area contributed by atoms with Gasteiger partial charge >= 0.3 is 5.97 Å². The van der Waals surface area contributed by atoms with Crippen molar-refractivity contribution < 1.29 is 9.53 Å². The third kappa shape index (κ3) is 6.51. The van der Waals surface area contributed by atoms with Gasteiger partial charge in [0.25, 0.3) is 0 Å². The smallest absolute Gasteiger partial charge is 0.337 e. The number of ether oxygens (including phenoxy) is 1. The van der Waals surface area contributed by atoms with Crippen LogP contribution in [0.25, 0.3) is 11.1 Å². The summed E-state index contributed by atoms with van der Waals surface area (Å²) in [6.07, 6.45) is 12.5. The topological polar surface area (TPSA) is 51.2 Å². The number of nitrogens with zero attached hydrogens (tertiary/aromatic N) is 1. The van der Waals surface area contributed by atoms with Crippen molar-refractivity contribution in [2.24, 2.45) is 0 Å². The summed E-state index contributed by atoms with van der Waals surface area (Å²) in [5.74, 6) is -0.320. The molecule has 0 aliphatic rings. The van der Waals surface area contributed by atoms with Crippen LogP contribution in [0.4, 0.5) is 5.69 Å². The number of esters is 1. The van der Waals surface area contributed by atoms with Gasteiger partial charge in [0, 0.05) is 24.6 Å². The molecule has 0 atom stereocenters. The van der Waals surface area contributed by atoms with E-state index in [1.807, 2.05) is 24.3 Å². The maximum Gasteiger partial charge on any atom is 0.337 e. The number of rotatable bonds is 11. The molecule has 1 heterocycles. The molecule has 0 amide bonds. The molecule has 0 bridgehead atoms. The van der Waals surface area contributed by atoms with Gasteiger partial charge in [-0.3, -0.25) is 4.98 Å². The normalized spacial score (nSPS) is 10.5. The van der Waals surface area contributed by atoms with Crippen molar-refractivity contribution in [3.63, 3.8) is 0 Å². The van der Waals surface area contributed by atoms with E-state index in [-0.39, 0.29) is 5.97 Å². The van der Waals surface area contributed by atoms with Crippen molar-refractivity contribution in [3.8, 4) is 11.1 Å². The average molecular weight is 354 g/mol. The Labute approximate surface area is 157 Å². The molecular formula is C22H30N2O2. The van der Waals surface area contributed by atoms with E-state index in [9.17, 15) is 4.79 Å². The molecule has 2 aromatic rings. The van der Waals surface area contributed by atoms with Crippen molar-refractivity contribution in [3.05, 3.63) is 48.3 Å². The highest BCUT2D eigenvalue weighted by atomic mass is 16.5. The van der Waals surface area contributed by atoms with E-state index in [1.54, 1.807) is 12.4 Å². The zero-order valence-corrected chi connectivity index (χ0v) is 16.0. The predicted octanol–water partition coefficient (Wildman–Crippen LogP) is 5.70. The van der Waals surface area contributed by atoms with Gasteiger partial charge in [0.05, 0.1) is 12.7 Å². The molecule has 2 rings (SSSR count). The highest BCUT2D eigenvalue weighted by Crippen LogP contribution is 2.25. The number of anilines is 1. The van der Waals surface area contributed by atoms with Crippen LogP contribution in [-0.4, -0.2) is 24.6 Å². The molecule has 0 radical (unpaired) electrons. The molecule has 26 heavy (non-hydrogen) atoms. The third-order valence-electron chi connectivity index (χ3n) is 4.48. The third-order valence-corrected chi connectivity index (χ3v) is 4.48. The van der Waals surface area contributed by atoms with E-state index in [0.717, 1.165) is 29.8 Å². The van der Waals surface area contributed by atoms with E-state index < -0.39 is 0 Å². The quantitative estimate of drug-likeness (QED) is 0.415. The van der Waals surface area contributed by atoms with E-state index in [4.69, 9.17) is 4.74 Å². The minimum atomic E-state index is -0.320. The maximum atomic E-state index is 12.0. The van der Waals surface area contributed by atoms with Crippen LogP contribution in [0.5, 0.6) is 0 Å². The highest BCUT2D eigenvalue weighted by molar-refractivity contribution is 5.92. The van der Waals surface area contributed by atoms with Gasteiger partial charge in [0.1, 0.15) is 0 Å². The number of nitrogens with one attached hydrogen (secondary N) is 1. The van der Waals surface area contributed by atoms with Crippen molar-refractivity contribution in [1.82, 2.24) is 4.98 Å². The summed E-state index contributed by atoms with van der Waals surface area (Å²) in [6.45, 7) is 3.15. The van der Waals surface area contributed by atoms with Crippen LogP contribution in [0.3, 0.4) is 0 Å². The first-order chi connectivity index (χ1) is 12.7. The Kier molecular flexibility index (Phi) is 8.67. The van der Waals surface area contributed by atoms with Crippen molar-refractivity contribution in [1.29, 1.82) is 0 Å². The molecule has 140 valence electrons. The summed E-state index contributed by atoms with van der Waals surface area (Å²) >= 11 is 0. The van der Waals surface area contributed by atoms with E-state index in [0.29, 0.717) is 5.56 Å². The molecular weight excluding hydrogens is 324 g/mol. The van der Waals surface area contributed by atoms with Gasteiger partial charge in [0.2, 0.25) is 0 Å². The van der Waals surface area contributed by atoms with Crippen LogP contribution in [-0.2, 0) is 4.74 Å². The van der Waals surface area contributed by atoms with Gasteiger partial charge in [0.15, 0.2) is 0 Å². The van der Waals surface area contributed by atoms with Gasteiger partial charge in [-0.15, -0.1) is 0 Å². The minimum absolute atomic E-state index is 0.320. The fraction of sp³-hybridized carbons (Fsp3) is 0.455. The summed E-state index contributed by atoms with van der Waals surface area (Å²) < 4.78 is 4.89. The monoisotopic (exact) mass is 354 g/mol. The van der Waals surface area contributed by atoms with Crippen molar-refractivity contribution in [2.75, 3.05) is 19.0 Å². The van der Waals surface area contributed by atoms with Crippen LogP contribution in [0.1, 0.15) is 62.2 Å². The lowest BCUT2D eigenvalue weighted by molar-refractivity contribution is 0.0601. The molecule has 0 saturated carbocycles. The molecule has 0 unspecified atom stereocenters. The minimum Gasteiger partial charge on any atom is -0.465 e. The first-order valence-corrected chi connectivity index (χ1v) is 9.62. The molecule has 0 fully saturated rings. The lowest BCUT2D eigenvalue weighted by atomic mass is 10.0. The molecule has 0 saturated heterocycles. The number of methoxy groups -OCH3 is 1. The first kappa shape index (κ1) is 20.0. The average Bonchev–Trinajstić information content (AvgIpc) is 2.69. The molecule has 0 aliphatic heterocycles. The Morgan fingerprint density at radius 1 is 0.962 bits per heavy atom. The number of aromatic nitrogens is 1. The Hall–Kier alpha value is -2.36. The Morgan fingerprint density at radius 2 is 1.65 bits per heavy atom. The van der Waals surface area contributed by atoms with Crippen LogP contribution in [0, 0.1) is 0 Å². The maximum absolute atomic E-state index is 12.0. The van der Waals surface area contributed by atoms with Gasteiger partial charge in [-0.1, -0.05) is 45.4 Å². The summed E-state index contributed by atoms with van der Waals surface area (Å²) in [6, 6.07) is 9.67. The van der Waals surface area contributed by atoms with Gasteiger partial charge in [-0.25, -0.2) is 4.79 Å². The summed E-state index contributed by atoms with van der Waals surface area (Å²) in [4.78, 5) is 16.0. The number of hydrogen-bond donors (Lipinski definition) is 1.